The van der Waals surface area contributed by atoms with Gasteiger partial charge < -0.3 is 24.4 Å². The van der Waals surface area contributed by atoms with Crippen LogP contribution in [0.2, 0.25) is 0 Å². The fourth-order valence-corrected chi connectivity index (χ4v) is 3.56. The lowest BCUT2D eigenvalue weighted by Crippen LogP contribution is -2.34. The number of nitrogens with zero attached hydrogens (tertiary/aromatic N) is 1. The topological polar surface area (TPSA) is 60.0 Å². The molecular weight excluding hydrogens is 332 g/mol. The first-order valence-corrected chi connectivity index (χ1v) is 8.86. The van der Waals surface area contributed by atoms with Gasteiger partial charge in [0.25, 0.3) is 0 Å². The van der Waals surface area contributed by atoms with E-state index in [9.17, 15) is 4.79 Å². The predicted molar refractivity (Wildman–Crippen MR) is 98.1 cm³/mol. The molecule has 2 amide bonds. The second-order valence-corrected chi connectivity index (χ2v) is 6.38. The smallest absolute Gasteiger partial charge is 0.322 e. The summed E-state index contributed by atoms with van der Waals surface area (Å²) in [5, 5.41) is 2.97. The zero-order chi connectivity index (χ0) is 17.9. The number of carbonyl (C=O) groups is 1. The number of hydrogen-bond donors (Lipinski definition) is 1. The quantitative estimate of drug-likeness (QED) is 0.910. The number of anilines is 1. The number of likely N-dealkylation sites (tertiary alicyclic amines) is 1. The molecule has 1 N–H and O–H groups in total. The van der Waals surface area contributed by atoms with Crippen LogP contribution in [-0.4, -0.2) is 37.8 Å². The lowest BCUT2D eigenvalue weighted by Gasteiger charge is -2.27. The monoisotopic (exact) mass is 354 g/mol. The van der Waals surface area contributed by atoms with Gasteiger partial charge in [0.1, 0.15) is 19.0 Å². The van der Waals surface area contributed by atoms with Gasteiger partial charge in [0.05, 0.1) is 18.8 Å². The Balaban J connectivity index is 1.54. The standard InChI is InChI=1S/C20H22N2O4/c1-24-17-7-3-2-5-15(17)21-20(23)22-10-4-6-16(22)14-8-9-18-19(13-14)26-12-11-25-18/h2-3,5,7-9,13,16H,4,6,10-12H2,1H3,(H,21,23)/t16-/m1/s1. The maximum absolute atomic E-state index is 12.9. The number of hydrogen-bond acceptors (Lipinski definition) is 4. The van der Waals surface area contributed by atoms with Gasteiger partial charge in [-0.3, -0.25) is 0 Å². The summed E-state index contributed by atoms with van der Waals surface area (Å²) in [5.74, 6) is 2.17. The van der Waals surface area contributed by atoms with E-state index in [0.29, 0.717) is 24.7 Å². The largest absolute Gasteiger partial charge is 0.495 e. The minimum atomic E-state index is -0.119. The number of amides is 2. The van der Waals surface area contributed by atoms with Crippen molar-refractivity contribution in [3.63, 3.8) is 0 Å². The molecule has 2 aliphatic rings. The van der Waals surface area contributed by atoms with Crippen LogP contribution in [0.1, 0.15) is 24.4 Å². The van der Waals surface area contributed by atoms with Crippen LogP contribution in [0.5, 0.6) is 17.2 Å². The van der Waals surface area contributed by atoms with Gasteiger partial charge in [-0.1, -0.05) is 18.2 Å². The number of fused-ring (bicyclic) bond motifs is 1. The van der Waals surface area contributed by atoms with Gasteiger partial charge in [0.15, 0.2) is 11.5 Å². The first-order valence-electron chi connectivity index (χ1n) is 8.86. The van der Waals surface area contributed by atoms with E-state index in [1.54, 1.807) is 7.11 Å². The molecule has 1 fully saturated rings. The van der Waals surface area contributed by atoms with E-state index in [1.807, 2.05) is 47.4 Å². The van der Waals surface area contributed by atoms with E-state index in [4.69, 9.17) is 14.2 Å². The van der Waals surface area contributed by atoms with Crippen molar-refractivity contribution in [1.82, 2.24) is 4.90 Å². The normalized spacial score (nSPS) is 18.5. The van der Waals surface area contributed by atoms with Crippen LogP contribution in [0.3, 0.4) is 0 Å². The molecule has 0 bridgehead atoms. The molecule has 2 aromatic rings. The summed E-state index contributed by atoms with van der Waals surface area (Å²) in [7, 11) is 1.60. The molecule has 0 radical (unpaired) electrons. The highest BCUT2D eigenvalue weighted by Crippen LogP contribution is 2.38. The molecule has 136 valence electrons. The van der Waals surface area contributed by atoms with Crippen LogP contribution in [0.15, 0.2) is 42.5 Å². The molecule has 0 spiro atoms. The van der Waals surface area contributed by atoms with Crippen molar-refractivity contribution in [1.29, 1.82) is 0 Å². The SMILES string of the molecule is COc1ccccc1NC(=O)N1CCC[C@@H]1c1ccc2c(c1)OCCO2. The maximum Gasteiger partial charge on any atom is 0.322 e. The lowest BCUT2D eigenvalue weighted by atomic mass is 10.0. The molecule has 0 aromatic heterocycles. The van der Waals surface area contributed by atoms with Gasteiger partial charge >= 0.3 is 6.03 Å². The number of methoxy groups -OCH3 is 1. The summed E-state index contributed by atoms with van der Waals surface area (Å²) in [6.45, 7) is 1.85. The van der Waals surface area contributed by atoms with Crippen LogP contribution >= 0.6 is 0 Å². The van der Waals surface area contributed by atoms with Crippen molar-refractivity contribution in [3.05, 3.63) is 48.0 Å². The third-order valence-electron chi connectivity index (χ3n) is 4.81. The van der Waals surface area contributed by atoms with Crippen LogP contribution in [0.25, 0.3) is 0 Å². The van der Waals surface area contributed by atoms with Gasteiger partial charge in [-0.05, 0) is 42.7 Å². The number of benzene rings is 2. The Morgan fingerprint density at radius 3 is 2.81 bits per heavy atom. The molecule has 0 saturated carbocycles. The molecule has 2 aliphatic heterocycles. The third kappa shape index (κ3) is 3.14. The molecule has 1 atom stereocenters. The second kappa shape index (κ2) is 7.15. The van der Waals surface area contributed by atoms with Crippen LogP contribution in [0, 0.1) is 0 Å². The van der Waals surface area contributed by atoms with Crippen molar-refractivity contribution in [2.24, 2.45) is 0 Å². The Bertz CT molecular complexity index is 808. The number of nitrogens with one attached hydrogen (secondary N) is 1. The van der Waals surface area contributed by atoms with Gasteiger partial charge in [-0.25, -0.2) is 4.79 Å². The minimum absolute atomic E-state index is 0.0283. The van der Waals surface area contributed by atoms with Crippen LogP contribution in [-0.2, 0) is 0 Å². The van der Waals surface area contributed by atoms with E-state index >= 15 is 0 Å². The highest BCUT2D eigenvalue weighted by atomic mass is 16.6. The van der Waals surface area contributed by atoms with Gasteiger partial charge in [-0.15, -0.1) is 0 Å². The first-order chi connectivity index (χ1) is 12.8. The van der Waals surface area contributed by atoms with E-state index in [-0.39, 0.29) is 12.1 Å². The Kier molecular flexibility index (Phi) is 4.56. The zero-order valence-corrected chi connectivity index (χ0v) is 14.7. The first kappa shape index (κ1) is 16.6. The Labute approximate surface area is 152 Å². The van der Waals surface area contributed by atoms with Crippen molar-refractivity contribution >= 4 is 11.7 Å². The summed E-state index contributed by atoms with van der Waals surface area (Å²) in [6.07, 6.45) is 1.90. The van der Waals surface area contributed by atoms with Crippen molar-refractivity contribution in [2.45, 2.75) is 18.9 Å². The van der Waals surface area contributed by atoms with E-state index in [0.717, 1.165) is 36.4 Å². The molecule has 0 aliphatic carbocycles. The summed E-state index contributed by atoms with van der Waals surface area (Å²) in [5.41, 5.74) is 1.75. The number of ether oxygens (including phenoxy) is 3. The number of rotatable bonds is 3. The molecule has 6 nitrogen and oxygen atoms in total. The van der Waals surface area contributed by atoms with Crippen molar-refractivity contribution in [2.75, 3.05) is 32.2 Å². The maximum atomic E-state index is 12.9. The van der Waals surface area contributed by atoms with E-state index in [2.05, 4.69) is 5.32 Å². The average Bonchev–Trinajstić information content (AvgIpc) is 3.18. The summed E-state index contributed by atoms with van der Waals surface area (Å²) >= 11 is 0. The van der Waals surface area contributed by atoms with Gasteiger partial charge in [0.2, 0.25) is 0 Å². The highest BCUT2D eigenvalue weighted by Gasteiger charge is 2.31. The third-order valence-corrected chi connectivity index (χ3v) is 4.81. The summed E-state index contributed by atoms with van der Waals surface area (Å²) in [4.78, 5) is 14.7. The fraction of sp³-hybridized carbons (Fsp3) is 0.350. The number of carbonyl (C=O) groups excluding carboxylic acids is 1. The van der Waals surface area contributed by atoms with Crippen molar-refractivity contribution in [3.8, 4) is 17.2 Å². The Hall–Kier alpha value is -2.89. The van der Waals surface area contributed by atoms with Gasteiger partial charge in [-0.2, -0.15) is 0 Å². The average molecular weight is 354 g/mol. The Morgan fingerprint density at radius 1 is 1.15 bits per heavy atom. The molecule has 2 aromatic carbocycles. The molecule has 26 heavy (non-hydrogen) atoms. The van der Waals surface area contributed by atoms with E-state index < -0.39 is 0 Å². The zero-order valence-electron chi connectivity index (χ0n) is 14.7. The minimum Gasteiger partial charge on any atom is -0.495 e. The molecular formula is C20H22N2O4. The Morgan fingerprint density at radius 2 is 1.96 bits per heavy atom. The summed E-state index contributed by atoms with van der Waals surface area (Å²) in [6, 6.07) is 13.3. The predicted octanol–water partition coefficient (Wildman–Crippen LogP) is 3.84. The molecule has 1 saturated heterocycles. The molecule has 2 heterocycles. The number of para-hydroxylation sites is 2. The second-order valence-electron chi connectivity index (χ2n) is 6.38. The van der Waals surface area contributed by atoms with Crippen LogP contribution in [0.4, 0.5) is 10.5 Å². The molecule has 4 rings (SSSR count). The van der Waals surface area contributed by atoms with Crippen LogP contribution < -0.4 is 19.5 Å². The van der Waals surface area contributed by atoms with E-state index in [1.165, 1.54) is 0 Å². The van der Waals surface area contributed by atoms with Gasteiger partial charge in [0, 0.05) is 6.54 Å². The number of urea groups is 1. The lowest BCUT2D eigenvalue weighted by molar-refractivity contribution is 0.170. The molecule has 6 heteroatoms. The molecule has 0 unspecified atom stereocenters. The van der Waals surface area contributed by atoms with Crippen molar-refractivity contribution < 1.29 is 19.0 Å². The fourth-order valence-electron chi connectivity index (χ4n) is 3.56. The summed E-state index contributed by atoms with van der Waals surface area (Å²) < 4.78 is 16.6. The highest BCUT2D eigenvalue weighted by molar-refractivity contribution is 5.91.